The maximum atomic E-state index is 13.5. The van der Waals surface area contributed by atoms with E-state index in [1.165, 1.54) is 5.56 Å². The summed E-state index contributed by atoms with van der Waals surface area (Å²) in [6.45, 7) is 1.92. The quantitative estimate of drug-likeness (QED) is 0.700. The number of Topliss-reactive ketones (excluding diaryl/α,β-unsaturated/α-hetero) is 1. The van der Waals surface area contributed by atoms with Crippen molar-refractivity contribution in [3.63, 3.8) is 0 Å². The Morgan fingerprint density at radius 3 is 2.44 bits per heavy atom. The standard InChI is InChI=1S/C27H28N2O3/c1-17-24(27(31)32-21-9-5-6-10-21)25(19-11-13-28-14-12-19)26-22(29-17)15-20(16-23(26)30)18-7-3-2-4-8-18/h2-4,7-8,11-14,20-21,25,29H,5-6,9-10,15-16H2,1H3/t20-,25-/m0/s1. The third-order valence-corrected chi connectivity index (χ3v) is 6.93. The number of carbonyl (C=O) groups is 2. The summed E-state index contributed by atoms with van der Waals surface area (Å²) in [6.07, 6.45) is 8.60. The summed E-state index contributed by atoms with van der Waals surface area (Å²) in [5, 5.41) is 3.43. The first kappa shape index (κ1) is 20.7. The summed E-state index contributed by atoms with van der Waals surface area (Å²) in [4.78, 5) is 31.0. The van der Waals surface area contributed by atoms with E-state index in [9.17, 15) is 9.59 Å². The zero-order valence-corrected chi connectivity index (χ0v) is 18.3. The van der Waals surface area contributed by atoms with Gasteiger partial charge in [0.2, 0.25) is 0 Å². The van der Waals surface area contributed by atoms with Crippen molar-refractivity contribution in [1.82, 2.24) is 10.3 Å². The van der Waals surface area contributed by atoms with E-state index in [2.05, 4.69) is 22.4 Å². The van der Waals surface area contributed by atoms with E-state index in [4.69, 9.17) is 4.74 Å². The van der Waals surface area contributed by atoms with Gasteiger partial charge < -0.3 is 10.1 Å². The second kappa shape index (κ2) is 8.73. The molecule has 0 unspecified atom stereocenters. The van der Waals surface area contributed by atoms with Crippen molar-refractivity contribution < 1.29 is 14.3 Å². The Balaban J connectivity index is 1.53. The average Bonchev–Trinajstić information content (AvgIpc) is 3.32. The molecule has 32 heavy (non-hydrogen) atoms. The molecule has 2 heterocycles. The molecule has 0 spiro atoms. The number of rotatable bonds is 4. The molecule has 0 bridgehead atoms. The Morgan fingerprint density at radius 2 is 1.72 bits per heavy atom. The van der Waals surface area contributed by atoms with Gasteiger partial charge in [0, 0.05) is 41.7 Å². The minimum absolute atomic E-state index is 0.0271. The number of dihydropyridines is 1. The topological polar surface area (TPSA) is 68.3 Å². The number of pyridine rings is 1. The number of allylic oxidation sites excluding steroid dienone is 3. The molecule has 1 N–H and O–H groups in total. The molecule has 1 aromatic heterocycles. The number of ether oxygens (including phenoxy) is 1. The van der Waals surface area contributed by atoms with Crippen molar-refractivity contribution in [1.29, 1.82) is 0 Å². The summed E-state index contributed by atoms with van der Waals surface area (Å²) < 4.78 is 5.89. The summed E-state index contributed by atoms with van der Waals surface area (Å²) in [7, 11) is 0. The van der Waals surface area contributed by atoms with Crippen molar-refractivity contribution in [3.05, 3.63) is 88.5 Å². The van der Waals surface area contributed by atoms with Crippen LogP contribution in [0.2, 0.25) is 0 Å². The molecule has 3 aliphatic rings. The van der Waals surface area contributed by atoms with Crippen LogP contribution in [-0.4, -0.2) is 22.8 Å². The molecule has 0 amide bonds. The monoisotopic (exact) mass is 428 g/mol. The number of hydrogen-bond donors (Lipinski definition) is 1. The van der Waals surface area contributed by atoms with E-state index in [-0.39, 0.29) is 23.8 Å². The SMILES string of the molecule is CC1=C(C(=O)OC2CCCC2)[C@H](c2ccncc2)C2=C(C[C@H](c3ccccc3)CC2=O)N1. The molecular formula is C27H28N2O3. The highest BCUT2D eigenvalue weighted by atomic mass is 16.5. The van der Waals surface area contributed by atoms with Gasteiger partial charge in [0.05, 0.1) is 5.57 Å². The first-order valence-corrected chi connectivity index (χ1v) is 11.5. The molecule has 5 rings (SSSR count). The molecule has 164 valence electrons. The summed E-state index contributed by atoms with van der Waals surface area (Å²) in [5.41, 5.74) is 5.02. The molecule has 1 aliphatic heterocycles. The van der Waals surface area contributed by atoms with Crippen LogP contribution in [0.15, 0.2) is 77.4 Å². The zero-order chi connectivity index (χ0) is 22.1. The molecule has 5 nitrogen and oxygen atoms in total. The second-order valence-electron chi connectivity index (χ2n) is 9.02. The van der Waals surface area contributed by atoms with Gasteiger partial charge in [0.15, 0.2) is 5.78 Å². The number of hydrogen-bond acceptors (Lipinski definition) is 5. The fraction of sp³-hybridized carbons (Fsp3) is 0.370. The number of esters is 1. The Hall–Kier alpha value is -3.21. The fourth-order valence-electron chi connectivity index (χ4n) is 5.38. The van der Waals surface area contributed by atoms with Crippen molar-refractivity contribution >= 4 is 11.8 Å². The number of aromatic nitrogens is 1. The van der Waals surface area contributed by atoms with Crippen LogP contribution in [0.5, 0.6) is 0 Å². The molecule has 2 aliphatic carbocycles. The summed E-state index contributed by atoms with van der Waals surface area (Å²) in [5.74, 6) is -0.512. The van der Waals surface area contributed by atoms with Gasteiger partial charge in [-0.2, -0.15) is 0 Å². The van der Waals surface area contributed by atoms with E-state index in [0.29, 0.717) is 17.6 Å². The van der Waals surface area contributed by atoms with Crippen LogP contribution in [0, 0.1) is 0 Å². The molecule has 1 fully saturated rings. The smallest absolute Gasteiger partial charge is 0.337 e. The third kappa shape index (κ3) is 3.88. The van der Waals surface area contributed by atoms with Crippen LogP contribution in [0.4, 0.5) is 0 Å². The lowest BCUT2D eigenvalue weighted by molar-refractivity contribution is -0.144. The number of ketones is 1. The molecule has 0 radical (unpaired) electrons. The number of nitrogens with zero attached hydrogens (tertiary/aromatic N) is 1. The van der Waals surface area contributed by atoms with Crippen molar-refractivity contribution in [2.75, 3.05) is 0 Å². The molecule has 2 atom stereocenters. The van der Waals surface area contributed by atoms with Gasteiger partial charge in [0.25, 0.3) is 0 Å². The molecule has 1 aromatic carbocycles. The lowest BCUT2D eigenvalue weighted by Gasteiger charge is -2.37. The summed E-state index contributed by atoms with van der Waals surface area (Å²) >= 11 is 0. The molecule has 1 saturated carbocycles. The van der Waals surface area contributed by atoms with Crippen LogP contribution >= 0.6 is 0 Å². The lowest BCUT2D eigenvalue weighted by Crippen LogP contribution is -2.36. The maximum Gasteiger partial charge on any atom is 0.337 e. The van der Waals surface area contributed by atoms with E-state index in [0.717, 1.165) is 49.1 Å². The molecule has 2 aromatic rings. The van der Waals surface area contributed by atoms with E-state index in [1.54, 1.807) is 12.4 Å². The van der Waals surface area contributed by atoms with Crippen LogP contribution < -0.4 is 5.32 Å². The highest BCUT2D eigenvalue weighted by Crippen LogP contribution is 2.45. The predicted molar refractivity (Wildman–Crippen MR) is 122 cm³/mol. The fourth-order valence-corrected chi connectivity index (χ4v) is 5.38. The van der Waals surface area contributed by atoms with Crippen LogP contribution in [0.1, 0.15) is 68.4 Å². The number of benzene rings is 1. The van der Waals surface area contributed by atoms with Crippen molar-refractivity contribution in [2.45, 2.75) is 63.4 Å². The Kier molecular flexibility index (Phi) is 5.64. The highest BCUT2D eigenvalue weighted by molar-refractivity contribution is 6.04. The van der Waals surface area contributed by atoms with Gasteiger partial charge in [-0.25, -0.2) is 4.79 Å². The normalized spacial score (nSPS) is 23.7. The van der Waals surface area contributed by atoms with Gasteiger partial charge in [-0.05, 0) is 68.2 Å². The Morgan fingerprint density at radius 1 is 1.00 bits per heavy atom. The van der Waals surface area contributed by atoms with Gasteiger partial charge in [-0.3, -0.25) is 9.78 Å². The lowest BCUT2D eigenvalue weighted by atomic mass is 9.72. The van der Waals surface area contributed by atoms with E-state index >= 15 is 0 Å². The molecule has 5 heteroatoms. The average molecular weight is 429 g/mol. The van der Waals surface area contributed by atoms with Gasteiger partial charge in [0.1, 0.15) is 6.10 Å². The Bertz CT molecular complexity index is 1080. The predicted octanol–water partition coefficient (Wildman–Crippen LogP) is 4.93. The van der Waals surface area contributed by atoms with Gasteiger partial charge in [-0.15, -0.1) is 0 Å². The second-order valence-corrected chi connectivity index (χ2v) is 9.02. The van der Waals surface area contributed by atoms with Crippen LogP contribution in [-0.2, 0) is 14.3 Å². The first-order valence-electron chi connectivity index (χ1n) is 11.5. The van der Waals surface area contributed by atoms with Gasteiger partial charge in [-0.1, -0.05) is 30.3 Å². The third-order valence-electron chi connectivity index (χ3n) is 6.93. The number of carbonyl (C=O) groups excluding carboxylic acids is 2. The van der Waals surface area contributed by atoms with E-state index in [1.807, 2.05) is 37.3 Å². The zero-order valence-electron chi connectivity index (χ0n) is 18.3. The van der Waals surface area contributed by atoms with E-state index < -0.39 is 5.92 Å². The van der Waals surface area contributed by atoms with Crippen molar-refractivity contribution in [2.24, 2.45) is 0 Å². The number of nitrogens with one attached hydrogen (secondary N) is 1. The minimum atomic E-state index is -0.424. The summed E-state index contributed by atoms with van der Waals surface area (Å²) in [6, 6.07) is 14.0. The first-order chi connectivity index (χ1) is 15.6. The highest BCUT2D eigenvalue weighted by Gasteiger charge is 2.41. The van der Waals surface area contributed by atoms with Crippen LogP contribution in [0.3, 0.4) is 0 Å². The molecule has 0 saturated heterocycles. The maximum absolute atomic E-state index is 13.5. The minimum Gasteiger partial charge on any atom is -0.459 e. The van der Waals surface area contributed by atoms with Gasteiger partial charge >= 0.3 is 5.97 Å². The van der Waals surface area contributed by atoms with Crippen LogP contribution in [0.25, 0.3) is 0 Å². The Labute approximate surface area is 188 Å². The largest absolute Gasteiger partial charge is 0.459 e. The van der Waals surface area contributed by atoms with Crippen molar-refractivity contribution in [3.8, 4) is 0 Å². The molecular weight excluding hydrogens is 400 g/mol.